The van der Waals surface area contributed by atoms with E-state index in [9.17, 15) is 9.59 Å². The number of cyclic esters (lactones) is 1. The van der Waals surface area contributed by atoms with Gasteiger partial charge in [0.25, 0.3) is 0 Å². The lowest BCUT2D eigenvalue weighted by atomic mass is 9.63. The Morgan fingerprint density at radius 3 is 2.46 bits per heavy atom. The van der Waals surface area contributed by atoms with E-state index in [1.165, 1.54) is 56.1 Å². The van der Waals surface area contributed by atoms with E-state index in [1.807, 2.05) is 0 Å². The van der Waals surface area contributed by atoms with E-state index >= 15 is 0 Å². The number of hydrogen-bond donors (Lipinski definition) is 1. The first kappa shape index (κ1) is 17.2. The number of benzene rings is 1. The van der Waals surface area contributed by atoms with Crippen LogP contribution in [0, 0.1) is 19.3 Å². The van der Waals surface area contributed by atoms with E-state index < -0.39 is 0 Å². The second-order valence-corrected chi connectivity index (χ2v) is 8.19. The van der Waals surface area contributed by atoms with Crippen LogP contribution in [-0.2, 0) is 9.53 Å². The second kappa shape index (κ2) is 6.18. The van der Waals surface area contributed by atoms with Crippen LogP contribution in [0.2, 0.25) is 0 Å². The van der Waals surface area contributed by atoms with E-state index in [0.717, 1.165) is 5.69 Å². The average molecular weight is 357 g/mol. The molecule has 2 saturated heterocycles. The zero-order valence-corrected chi connectivity index (χ0v) is 15.8. The first-order chi connectivity index (χ1) is 12.4. The van der Waals surface area contributed by atoms with Gasteiger partial charge in [0.15, 0.2) is 0 Å². The third-order valence-electron chi connectivity index (χ3n) is 6.02. The van der Waals surface area contributed by atoms with Gasteiger partial charge in [-0.25, -0.2) is 4.79 Å². The van der Waals surface area contributed by atoms with Gasteiger partial charge in [-0.15, -0.1) is 0 Å². The molecule has 0 bridgehead atoms. The third-order valence-corrected chi connectivity index (χ3v) is 6.02. The highest BCUT2D eigenvalue weighted by molar-refractivity contribution is 5.90. The summed E-state index contributed by atoms with van der Waals surface area (Å²) in [4.78, 5) is 27.5. The lowest BCUT2D eigenvalue weighted by molar-refractivity contribution is -0.119. The lowest BCUT2D eigenvalue weighted by Crippen LogP contribution is -2.60. The van der Waals surface area contributed by atoms with Gasteiger partial charge in [-0.2, -0.15) is 0 Å². The number of carbonyl (C=O) groups excluding carboxylic acids is 2. The summed E-state index contributed by atoms with van der Waals surface area (Å²) in [7, 11) is 0. The molecule has 0 unspecified atom stereocenters. The van der Waals surface area contributed by atoms with Gasteiger partial charge >= 0.3 is 6.09 Å². The first-order valence-corrected chi connectivity index (χ1v) is 9.46. The smallest absolute Gasteiger partial charge is 0.414 e. The number of rotatable bonds is 4. The predicted octanol–water partition coefficient (Wildman–Crippen LogP) is 2.76. The summed E-state index contributed by atoms with van der Waals surface area (Å²) in [5.74, 6) is -0.116. The van der Waals surface area contributed by atoms with Gasteiger partial charge in [0.2, 0.25) is 5.91 Å². The topological polar surface area (TPSA) is 61.9 Å². The highest BCUT2D eigenvalue weighted by Gasteiger charge is 2.47. The van der Waals surface area contributed by atoms with Crippen LogP contribution in [0.5, 0.6) is 0 Å². The molecule has 140 valence electrons. The molecule has 26 heavy (non-hydrogen) atoms. The van der Waals surface area contributed by atoms with E-state index in [-0.39, 0.29) is 18.1 Å². The number of ether oxygens (including phenoxy) is 1. The van der Waals surface area contributed by atoms with Crippen molar-refractivity contribution in [1.29, 1.82) is 0 Å². The number of nitrogens with zero attached hydrogens (tertiary/aromatic N) is 2. The number of anilines is 2. The average Bonchev–Trinajstić information content (AvgIpc) is 2.85. The van der Waals surface area contributed by atoms with Crippen LogP contribution in [0.3, 0.4) is 0 Å². The first-order valence-electron chi connectivity index (χ1n) is 9.46. The molecule has 1 aliphatic carbocycles. The Balaban J connectivity index is 1.48. The van der Waals surface area contributed by atoms with E-state index in [1.54, 1.807) is 4.90 Å². The SMILES string of the molecule is CC(=O)NC[C@H]1CN(c2cc(C)c(N3CC4(CCC4)C3)c(C)c2)C(=O)O1. The van der Waals surface area contributed by atoms with Crippen LogP contribution in [0.25, 0.3) is 0 Å². The monoisotopic (exact) mass is 357 g/mol. The summed E-state index contributed by atoms with van der Waals surface area (Å²) in [6.45, 7) is 8.84. The fourth-order valence-corrected chi connectivity index (χ4v) is 4.60. The molecule has 6 nitrogen and oxygen atoms in total. The Morgan fingerprint density at radius 2 is 1.92 bits per heavy atom. The van der Waals surface area contributed by atoms with Gasteiger partial charge in [-0.05, 0) is 49.9 Å². The highest BCUT2D eigenvalue weighted by atomic mass is 16.6. The molecule has 1 saturated carbocycles. The van der Waals surface area contributed by atoms with Gasteiger partial charge in [-0.1, -0.05) is 6.42 Å². The summed E-state index contributed by atoms with van der Waals surface area (Å²) in [5, 5.41) is 2.71. The third kappa shape index (κ3) is 2.91. The zero-order valence-electron chi connectivity index (χ0n) is 15.8. The largest absolute Gasteiger partial charge is 0.442 e. The molecular weight excluding hydrogens is 330 g/mol. The van der Waals surface area contributed by atoms with Gasteiger partial charge in [0.1, 0.15) is 6.10 Å². The highest BCUT2D eigenvalue weighted by Crippen LogP contribution is 2.50. The minimum Gasteiger partial charge on any atom is -0.442 e. The van der Waals surface area contributed by atoms with Crippen molar-refractivity contribution >= 4 is 23.4 Å². The molecule has 6 heteroatoms. The quantitative estimate of drug-likeness (QED) is 0.900. The van der Waals surface area contributed by atoms with E-state index in [4.69, 9.17) is 4.74 Å². The van der Waals surface area contributed by atoms with Crippen LogP contribution in [-0.4, -0.2) is 44.3 Å². The fourth-order valence-electron chi connectivity index (χ4n) is 4.60. The van der Waals surface area contributed by atoms with Gasteiger partial charge < -0.3 is 15.0 Å². The summed E-state index contributed by atoms with van der Waals surface area (Å²) < 4.78 is 5.38. The van der Waals surface area contributed by atoms with Crippen molar-refractivity contribution in [1.82, 2.24) is 5.32 Å². The predicted molar refractivity (Wildman–Crippen MR) is 101 cm³/mol. The number of amides is 2. The summed E-state index contributed by atoms with van der Waals surface area (Å²) >= 11 is 0. The van der Waals surface area contributed by atoms with Crippen LogP contribution in [0.15, 0.2) is 12.1 Å². The van der Waals surface area contributed by atoms with Crippen LogP contribution < -0.4 is 15.1 Å². The number of carbonyl (C=O) groups is 2. The maximum atomic E-state index is 12.3. The molecule has 1 aromatic carbocycles. The molecule has 1 atom stereocenters. The molecule has 1 spiro atoms. The second-order valence-electron chi connectivity index (χ2n) is 8.19. The minimum atomic E-state index is -0.343. The van der Waals surface area contributed by atoms with Crippen molar-refractivity contribution < 1.29 is 14.3 Å². The molecule has 4 rings (SSSR count). The minimum absolute atomic E-state index is 0.116. The lowest BCUT2D eigenvalue weighted by Gasteiger charge is -2.57. The van der Waals surface area contributed by atoms with Crippen molar-refractivity contribution in [3.8, 4) is 0 Å². The molecule has 0 aromatic heterocycles. The van der Waals surface area contributed by atoms with Gasteiger partial charge in [0, 0.05) is 36.8 Å². The molecule has 0 radical (unpaired) electrons. The summed E-state index contributed by atoms with van der Waals surface area (Å²) in [5.41, 5.74) is 5.18. The standard InChI is InChI=1S/C20H27N3O3/c1-13-7-16(23-10-17(26-19(23)25)9-21-15(3)24)8-14(2)18(13)22-11-20(12-22)5-4-6-20/h7-8,17H,4-6,9-12H2,1-3H3,(H,21,24)/t17-/m0/s1. The number of aryl methyl sites for hydroxylation is 2. The molecular formula is C20H27N3O3. The zero-order chi connectivity index (χ0) is 18.5. The molecule has 2 amide bonds. The van der Waals surface area contributed by atoms with Crippen molar-refractivity contribution in [2.75, 3.05) is 36.0 Å². The molecule has 2 aliphatic heterocycles. The van der Waals surface area contributed by atoms with Gasteiger partial charge in [-0.3, -0.25) is 9.69 Å². The van der Waals surface area contributed by atoms with E-state index in [0.29, 0.717) is 18.5 Å². The fraction of sp³-hybridized carbons (Fsp3) is 0.600. The molecule has 3 aliphatic rings. The van der Waals surface area contributed by atoms with Crippen LogP contribution >= 0.6 is 0 Å². The Kier molecular flexibility index (Phi) is 4.09. The molecule has 2 heterocycles. The Bertz CT molecular complexity index is 726. The maximum absolute atomic E-state index is 12.3. The van der Waals surface area contributed by atoms with Crippen LogP contribution in [0.1, 0.15) is 37.3 Å². The molecule has 1 N–H and O–H groups in total. The maximum Gasteiger partial charge on any atom is 0.414 e. The summed E-state index contributed by atoms with van der Waals surface area (Å²) in [6, 6.07) is 4.16. The van der Waals surface area contributed by atoms with Crippen molar-refractivity contribution in [2.24, 2.45) is 5.41 Å². The normalized spacial score (nSPS) is 23.5. The van der Waals surface area contributed by atoms with E-state index in [2.05, 4.69) is 36.2 Å². The number of nitrogens with one attached hydrogen (secondary N) is 1. The van der Waals surface area contributed by atoms with Crippen molar-refractivity contribution in [3.05, 3.63) is 23.3 Å². The van der Waals surface area contributed by atoms with Crippen molar-refractivity contribution in [2.45, 2.75) is 46.1 Å². The summed E-state index contributed by atoms with van der Waals surface area (Å²) in [6.07, 6.45) is 3.47. The molecule has 3 fully saturated rings. The van der Waals surface area contributed by atoms with Crippen molar-refractivity contribution in [3.63, 3.8) is 0 Å². The number of hydrogen-bond acceptors (Lipinski definition) is 4. The Hall–Kier alpha value is -2.24. The van der Waals surface area contributed by atoms with Crippen LogP contribution in [0.4, 0.5) is 16.2 Å². The Morgan fingerprint density at radius 1 is 1.27 bits per heavy atom. The molecule has 1 aromatic rings. The van der Waals surface area contributed by atoms with Gasteiger partial charge in [0.05, 0.1) is 13.1 Å². The Labute approximate surface area is 154 Å².